The summed E-state index contributed by atoms with van der Waals surface area (Å²) >= 11 is 1.65. The van der Waals surface area contributed by atoms with Gasteiger partial charge in [-0.3, -0.25) is 0 Å². The Hall–Kier alpha value is -6.86. The molecule has 52 heavy (non-hydrogen) atoms. The molecule has 2 heterocycles. The lowest BCUT2D eigenvalue weighted by molar-refractivity contribution is 0.722. The van der Waals surface area contributed by atoms with Gasteiger partial charge >= 0.3 is 0 Å². The van der Waals surface area contributed by atoms with Crippen molar-refractivity contribution in [3.05, 3.63) is 185 Å². The van der Waals surface area contributed by atoms with Crippen LogP contribution in [0.2, 0.25) is 0 Å². The zero-order valence-corrected chi connectivity index (χ0v) is 28.4. The molecule has 6 heteroatoms. The molecule has 5 nitrogen and oxygen atoms in total. The summed E-state index contributed by atoms with van der Waals surface area (Å²) in [5.41, 5.74) is 9.87. The van der Waals surface area contributed by atoms with Crippen LogP contribution in [0.25, 0.3) is 56.1 Å². The molecule has 1 aromatic heterocycles. The Morgan fingerprint density at radius 2 is 1.12 bits per heavy atom. The van der Waals surface area contributed by atoms with Gasteiger partial charge in [-0.25, -0.2) is 15.0 Å². The van der Waals surface area contributed by atoms with E-state index in [9.17, 15) is 10.5 Å². The molecule has 1 spiro atoms. The van der Waals surface area contributed by atoms with Crippen LogP contribution < -0.4 is 0 Å². The van der Waals surface area contributed by atoms with Gasteiger partial charge in [0.15, 0.2) is 17.5 Å². The molecular weight excluding hydrogens is 655 g/mol. The molecule has 1 aliphatic carbocycles. The predicted octanol–water partition coefficient (Wildman–Crippen LogP) is 10.6. The average Bonchev–Trinajstić information content (AvgIpc) is 3.48. The maximum atomic E-state index is 10.4. The minimum atomic E-state index is -0.751. The summed E-state index contributed by atoms with van der Waals surface area (Å²) in [6.07, 6.45) is 0. The summed E-state index contributed by atoms with van der Waals surface area (Å²) < 4.78 is 0. The van der Waals surface area contributed by atoms with Crippen LogP contribution in [0.3, 0.4) is 0 Å². The second-order valence-corrected chi connectivity index (χ2v) is 14.1. The zero-order chi connectivity index (χ0) is 34.8. The van der Waals surface area contributed by atoms with Crippen LogP contribution >= 0.6 is 11.8 Å². The maximum Gasteiger partial charge on any atom is 0.164 e. The third-order valence-electron chi connectivity index (χ3n) is 10.2. The van der Waals surface area contributed by atoms with Gasteiger partial charge in [0.1, 0.15) is 6.07 Å². The summed E-state index contributed by atoms with van der Waals surface area (Å²) in [6.45, 7) is 0. The van der Waals surface area contributed by atoms with E-state index in [1.165, 1.54) is 0 Å². The number of aromatic nitrogens is 3. The van der Waals surface area contributed by atoms with Gasteiger partial charge in [0.25, 0.3) is 0 Å². The lowest BCUT2D eigenvalue weighted by Crippen LogP contribution is -2.32. The number of rotatable bonds is 3. The number of fused-ring (bicyclic) bond motifs is 10. The molecule has 0 saturated carbocycles. The van der Waals surface area contributed by atoms with Gasteiger partial charge in [0.05, 0.1) is 22.6 Å². The Kier molecular flexibility index (Phi) is 6.70. The smallest absolute Gasteiger partial charge is 0.164 e. The first-order valence-electron chi connectivity index (χ1n) is 17.0. The van der Waals surface area contributed by atoms with Crippen molar-refractivity contribution < 1.29 is 0 Å². The zero-order valence-electron chi connectivity index (χ0n) is 27.6. The van der Waals surface area contributed by atoms with Gasteiger partial charge in [-0.1, -0.05) is 121 Å². The lowest BCUT2D eigenvalue weighted by atomic mass is 9.66. The molecular formula is C46H25N5S. The normalized spacial score (nSPS) is 14.9. The third kappa shape index (κ3) is 4.39. The number of nitrogens with zero attached hydrogens (tertiary/aromatic N) is 5. The minimum Gasteiger partial charge on any atom is -0.208 e. The molecule has 10 rings (SSSR count). The molecule has 240 valence electrons. The molecule has 1 atom stereocenters. The van der Waals surface area contributed by atoms with Crippen molar-refractivity contribution in [1.82, 2.24) is 15.0 Å². The van der Waals surface area contributed by atoms with E-state index in [1.807, 2.05) is 91.0 Å². The first-order valence-corrected chi connectivity index (χ1v) is 17.8. The second kappa shape index (κ2) is 11.6. The van der Waals surface area contributed by atoms with Crippen molar-refractivity contribution >= 4 is 22.5 Å². The van der Waals surface area contributed by atoms with Crippen molar-refractivity contribution in [3.8, 4) is 57.4 Å². The first-order chi connectivity index (χ1) is 25.6. The summed E-state index contributed by atoms with van der Waals surface area (Å²) in [7, 11) is 0. The van der Waals surface area contributed by atoms with E-state index in [1.54, 1.807) is 11.8 Å². The molecule has 0 saturated heterocycles. The quantitative estimate of drug-likeness (QED) is 0.185. The van der Waals surface area contributed by atoms with Gasteiger partial charge in [-0.15, -0.1) is 0 Å². The predicted molar refractivity (Wildman–Crippen MR) is 204 cm³/mol. The highest BCUT2D eigenvalue weighted by Crippen LogP contribution is 2.63. The number of hydrogen-bond acceptors (Lipinski definition) is 6. The van der Waals surface area contributed by atoms with E-state index in [0.29, 0.717) is 28.6 Å². The standard InChI is InChI=1S/C46H25N5S/c47-26-28-18-19-31-23-36-35-21-20-32(45-50-43(29-10-3-1-4-11-29)49-44(51-45)30-12-5-2-6-13-30)24-39(35)46(40(36)25-34(31)22-28)37-15-7-8-17-41(37)52-42-33(27-48)14-9-16-38(42)46/h1-25H. The van der Waals surface area contributed by atoms with Crippen LogP contribution in [0.5, 0.6) is 0 Å². The van der Waals surface area contributed by atoms with Crippen LogP contribution in [-0.2, 0) is 5.41 Å². The lowest BCUT2D eigenvalue weighted by Gasteiger charge is -2.40. The van der Waals surface area contributed by atoms with Gasteiger partial charge in [0.2, 0.25) is 0 Å². The minimum absolute atomic E-state index is 0.579. The second-order valence-electron chi connectivity index (χ2n) is 13.0. The van der Waals surface area contributed by atoms with E-state index in [2.05, 4.69) is 72.8 Å². The van der Waals surface area contributed by atoms with Crippen LogP contribution in [0.15, 0.2) is 161 Å². The Morgan fingerprint density at radius 3 is 1.83 bits per heavy atom. The molecule has 8 aromatic rings. The summed E-state index contributed by atoms with van der Waals surface area (Å²) in [5.74, 6) is 1.78. The average molecular weight is 680 g/mol. The fraction of sp³-hybridized carbons (Fsp3) is 0.0217. The monoisotopic (exact) mass is 679 g/mol. The Morgan fingerprint density at radius 1 is 0.462 bits per heavy atom. The summed E-state index contributed by atoms with van der Waals surface area (Å²) in [4.78, 5) is 17.2. The summed E-state index contributed by atoms with van der Waals surface area (Å²) in [6, 6.07) is 56.4. The van der Waals surface area contributed by atoms with Crippen molar-refractivity contribution in [2.24, 2.45) is 0 Å². The molecule has 0 radical (unpaired) electrons. The van der Waals surface area contributed by atoms with Crippen LogP contribution in [0.4, 0.5) is 0 Å². The van der Waals surface area contributed by atoms with Crippen molar-refractivity contribution in [3.63, 3.8) is 0 Å². The molecule has 1 aliphatic heterocycles. The Bertz CT molecular complexity index is 2800. The number of benzene rings is 7. The van der Waals surface area contributed by atoms with Crippen LogP contribution in [0.1, 0.15) is 33.4 Å². The highest BCUT2D eigenvalue weighted by atomic mass is 32.2. The molecule has 2 aliphatic rings. The van der Waals surface area contributed by atoms with E-state index < -0.39 is 5.41 Å². The van der Waals surface area contributed by atoms with E-state index >= 15 is 0 Å². The molecule has 0 amide bonds. The fourth-order valence-corrected chi connectivity index (χ4v) is 9.20. The maximum absolute atomic E-state index is 10.4. The molecule has 0 N–H and O–H groups in total. The summed E-state index contributed by atoms with van der Waals surface area (Å²) in [5, 5.41) is 22.3. The molecule has 7 aromatic carbocycles. The topological polar surface area (TPSA) is 86.2 Å². The van der Waals surface area contributed by atoms with Crippen LogP contribution in [-0.4, -0.2) is 15.0 Å². The number of hydrogen-bond donors (Lipinski definition) is 0. The first kappa shape index (κ1) is 30.0. The van der Waals surface area contributed by atoms with E-state index in [-0.39, 0.29) is 0 Å². The number of nitriles is 2. The largest absolute Gasteiger partial charge is 0.208 e. The van der Waals surface area contributed by atoms with Gasteiger partial charge in [-0.05, 0) is 86.6 Å². The SMILES string of the molecule is N#Cc1ccc2cc3c(cc2c1)C1(c2ccccc2Sc2c(C#N)cccc21)c1cc(-c2nc(-c4ccccc4)nc(-c4ccccc4)n2)ccc1-3. The van der Waals surface area contributed by atoms with Crippen LogP contribution in [0, 0.1) is 22.7 Å². The van der Waals surface area contributed by atoms with Crippen molar-refractivity contribution in [2.45, 2.75) is 15.2 Å². The van der Waals surface area contributed by atoms with Gasteiger partial charge in [0, 0.05) is 26.5 Å². The fourth-order valence-electron chi connectivity index (χ4n) is 7.94. The Balaban J connectivity index is 1.30. The van der Waals surface area contributed by atoms with E-state index in [4.69, 9.17) is 15.0 Å². The van der Waals surface area contributed by atoms with Crippen molar-refractivity contribution in [2.75, 3.05) is 0 Å². The highest BCUT2D eigenvalue weighted by molar-refractivity contribution is 7.99. The Labute approximate surface area is 304 Å². The highest BCUT2D eigenvalue weighted by Gasteiger charge is 2.51. The molecule has 1 unspecified atom stereocenters. The molecule has 0 fully saturated rings. The van der Waals surface area contributed by atoms with Crippen molar-refractivity contribution in [1.29, 1.82) is 10.5 Å². The van der Waals surface area contributed by atoms with Gasteiger partial charge < -0.3 is 0 Å². The van der Waals surface area contributed by atoms with Gasteiger partial charge in [-0.2, -0.15) is 10.5 Å². The third-order valence-corrected chi connectivity index (χ3v) is 11.4. The molecule has 0 bridgehead atoms. The van der Waals surface area contributed by atoms with E-state index in [0.717, 1.165) is 70.6 Å².